The number of nitrogens with zero attached hydrogens (tertiary/aromatic N) is 1. The number of anilines is 2. The summed E-state index contributed by atoms with van der Waals surface area (Å²) in [4.78, 5) is 26.1. The Kier molecular flexibility index (Phi) is 7.13. The molecule has 3 aliphatic rings. The zero-order chi connectivity index (χ0) is 22.7. The normalized spacial score (nSPS) is 27.2. The minimum atomic E-state index is -0.571. The van der Waals surface area contributed by atoms with Crippen LogP contribution in [0.1, 0.15) is 51.0 Å². The third-order valence-corrected chi connectivity index (χ3v) is 7.73. The average Bonchev–Trinajstić information content (AvgIpc) is 2.80. The molecule has 32 heavy (non-hydrogen) atoms. The fourth-order valence-corrected chi connectivity index (χ4v) is 5.60. The van der Waals surface area contributed by atoms with E-state index >= 15 is 0 Å². The first-order valence-corrected chi connectivity index (χ1v) is 12.2. The van der Waals surface area contributed by atoms with E-state index in [1.807, 2.05) is 13.1 Å². The van der Waals surface area contributed by atoms with Crippen LogP contribution in [0.5, 0.6) is 0 Å². The molecular formula is C25H37N5O2. The van der Waals surface area contributed by atoms with Gasteiger partial charge < -0.3 is 20.9 Å². The lowest BCUT2D eigenvalue weighted by molar-refractivity contribution is -0.134. The monoisotopic (exact) mass is 439 g/mol. The highest BCUT2D eigenvalue weighted by Gasteiger charge is 2.32. The molecule has 1 aromatic rings. The van der Waals surface area contributed by atoms with E-state index in [9.17, 15) is 9.59 Å². The molecule has 3 heterocycles. The molecule has 2 amide bonds. The van der Waals surface area contributed by atoms with Crippen LogP contribution < -0.4 is 20.9 Å². The standard InChI is InChI=1S/C25H37N5O2/c1-16-15-28-10-7-18(16)13-17-8-11-30(12-9-17)19-3-4-20(22(14-19)27-2)24(26)21-5-6-23(31)29-25(21)32/h3-4,14,16-18,21,26-28H,5-13,15H2,1-2H3,(H,29,31,32)/t16-,18?,21?/m1/s1. The fraction of sp³-hybridized carbons (Fsp3) is 0.640. The van der Waals surface area contributed by atoms with E-state index in [1.165, 1.54) is 37.9 Å². The zero-order valence-corrected chi connectivity index (χ0v) is 19.4. The van der Waals surface area contributed by atoms with E-state index < -0.39 is 5.92 Å². The number of nitrogens with one attached hydrogen (secondary N) is 4. The largest absolute Gasteiger partial charge is 0.388 e. The van der Waals surface area contributed by atoms with Gasteiger partial charge in [0, 0.05) is 43.5 Å². The molecule has 4 N–H and O–H groups in total. The Hall–Kier alpha value is -2.41. The molecule has 0 aromatic heterocycles. The minimum absolute atomic E-state index is 0.249. The quantitative estimate of drug-likeness (QED) is 0.404. The molecule has 0 aliphatic carbocycles. The Labute approximate surface area is 191 Å². The highest BCUT2D eigenvalue weighted by atomic mass is 16.2. The first-order valence-electron chi connectivity index (χ1n) is 12.2. The van der Waals surface area contributed by atoms with Gasteiger partial charge in [0.25, 0.3) is 0 Å². The molecule has 3 atom stereocenters. The van der Waals surface area contributed by atoms with Gasteiger partial charge in [-0.2, -0.15) is 0 Å². The lowest BCUT2D eigenvalue weighted by Gasteiger charge is -2.38. The predicted molar refractivity (Wildman–Crippen MR) is 128 cm³/mol. The number of imide groups is 1. The third-order valence-electron chi connectivity index (χ3n) is 7.73. The van der Waals surface area contributed by atoms with Gasteiger partial charge >= 0.3 is 0 Å². The predicted octanol–water partition coefficient (Wildman–Crippen LogP) is 3.00. The Bertz CT molecular complexity index is 862. The summed E-state index contributed by atoms with van der Waals surface area (Å²) >= 11 is 0. The fourth-order valence-electron chi connectivity index (χ4n) is 5.60. The second-order valence-electron chi connectivity index (χ2n) is 9.79. The van der Waals surface area contributed by atoms with Crippen LogP contribution in [0.4, 0.5) is 11.4 Å². The van der Waals surface area contributed by atoms with Crippen molar-refractivity contribution in [1.29, 1.82) is 5.41 Å². The smallest absolute Gasteiger partial charge is 0.235 e. The maximum atomic E-state index is 12.2. The van der Waals surface area contributed by atoms with Crippen molar-refractivity contribution in [3.8, 4) is 0 Å². The Morgan fingerprint density at radius 3 is 2.66 bits per heavy atom. The van der Waals surface area contributed by atoms with Crippen molar-refractivity contribution in [3.05, 3.63) is 23.8 Å². The summed E-state index contributed by atoms with van der Waals surface area (Å²) in [5.41, 5.74) is 3.05. The molecule has 3 saturated heterocycles. The lowest BCUT2D eigenvalue weighted by atomic mass is 9.78. The Morgan fingerprint density at radius 2 is 1.97 bits per heavy atom. The van der Waals surface area contributed by atoms with Gasteiger partial charge in [-0.05, 0) is 81.1 Å². The van der Waals surface area contributed by atoms with Crippen molar-refractivity contribution in [2.45, 2.75) is 45.4 Å². The van der Waals surface area contributed by atoms with Gasteiger partial charge in [-0.15, -0.1) is 0 Å². The van der Waals surface area contributed by atoms with Gasteiger partial charge in [0.1, 0.15) is 0 Å². The maximum absolute atomic E-state index is 12.2. The number of benzene rings is 1. The van der Waals surface area contributed by atoms with Crippen LogP contribution in [-0.2, 0) is 9.59 Å². The van der Waals surface area contributed by atoms with Crippen LogP contribution in [0.2, 0.25) is 0 Å². The molecule has 1 aromatic carbocycles. The summed E-state index contributed by atoms with van der Waals surface area (Å²) in [6.07, 6.45) is 5.83. The Balaban J connectivity index is 1.38. The van der Waals surface area contributed by atoms with E-state index in [0.717, 1.165) is 48.6 Å². The summed E-state index contributed by atoms with van der Waals surface area (Å²) in [7, 11) is 1.85. The molecule has 174 valence electrons. The van der Waals surface area contributed by atoms with Crippen molar-refractivity contribution in [3.63, 3.8) is 0 Å². The number of amides is 2. The molecule has 7 heteroatoms. The number of piperidine rings is 3. The molecule has 7 nitrogen and oxygen atoms in total. The first kappa shape index (κ1) is 22.8. The average molecular weight is 440 g/mol. The van der Waals surface area contributed by atoms with Crippen molar-refractivity contribution >= 4 is 28.9 Å². The van der Waals surface area contributed by atoms with Crippen LogP contribution in [0.25, 0.3) is 0 Å². The van der Waals surface area contributed by atoms with Gasteiger partial charge in [-0.25, -0.2) is 0 Å². The highest BCUT2D eigenvalue weighted by molar-refractivity contribution is 6.17. The van der Waals surface area contributed by atoms with Gasteiger partial charge in [-0.3, -0.25) is 14.9 Å². The summed E-state index contributed by atoms with van der Waals surface area (Å²) in [5, 5.41) is 17.7. The molecule has 3 fully saturated rings. The van der Waals surface area contributed by atoms with Gasteiger partial charge in [0.15, 0.2) is 0 Å². The van der Waals surface area contributed by atoms with E-state index in [4.69, 9.17) is 5.41 Å². The van der Waals surface area contributed by atoms with Crippen LogP contribution in [0.15, 0.2) is 18.2 Å². The van der Waals surface area contributed by atoms with E-state index in [0.29, 0.717) is 6.42 Å². The molecule has 0 saturated carbocycles. The number of carbonyl (C=O) groups excluding carboxylic acids is 2. The molecule has 3 aliphatic heterocycles. The third kappa shape index (κ3) is 4.98. The topological polar surface area (TPSA) is 97.3 Å². The van der Waals surface area contributed by atoms with E-state index in [2.05, 4.69) is 39.9 Å². The summed E-state index contributed by atoms with van der Waals surface area (Å²) in [6, 6.07) is 6.13. The second-order valence-corrected chi connectivity index (χ2v) is 9.79. The highest BCUT2D eigenvalue weighted by Crippen LogP contribution is 2.34. The second kappa shape index (κ2) is 10.0. The SMILES string of the molecule is CNc1cc(N2CCC(CC3CCNC[C@H]3C)CC2)ccc1C(=N)C1CCC(=O)NC1=O. The van der Waals surface area contributed by atoms with E-state index in [-0.39, 0.29) is 23.9 Å². The number of rotatable bonds is 6. The van der Waals surface area contributed by atoms with Crippen molar-refractivity contribution in [2.75, 3.05) is 43.4 Å². The molecular weight excluding hydrogens is 402 g/mol. The molecule has 4 rings (SSSR count). The number of carbonyl (C=O) groups is 2. The molecule has 0 bridgehead atoms. The minimum Gasteiger partial charge on any atom is -0.388 e. The van der Waals surface area contributed by atoms with Crippen molar-refractivity contribution in [1.82, 2.24) is 10.6 Å². The summed E-state index contributed by atoms with van der Waals surface area (Å²) in [5.74, 6) is 1.29. The lowest BCUT2D eigenvalue weighted by Crippen LogP contribution is -2.44. The van der Waals surface area contributed by atoms with Gasteiger partial charge in [0.05, 0.1) is 11.6 Å². The molecule has 0 radical (unpaired) electrons. The van der Waals surface area contributed by atoms with Crippen LogP contribution in [0.3, 0.4) is 0 Å². The first-order chi connectivity index (χ1) is 15.5. The van der Waals surface area contributed by atoms with Crippen LogP contribution in [-0.4, -0.2) is 50.8 Å². The van der Waals surface area contributed by atoms with Crippen LogP contribution in [0, 0.1) is 29.1 Å². The molecule has 0 spiro atoms. The maximum Gasteiger partial charge on any atom is 0.235 e. The number of hydrogen-bond acceptors (Lipinski definition) is 6. The summed E-state index contributed by atoms with van der Waals surface area (Å²) < 4.78 is 0. The zero-order valence-electron chi connectivity index (χ0n) is 19.4. The van der Waals surface area contributed by atoms with Gasteiger partial charge in [0.2, 0.25) is 11.8 Å². The van der Waals surface area contributed by atoms with Gasteiger partial charge in [-0.1, -0.05) is 6.92 Å². The van der Waals surface area contributed by atoms with Crippen LogP contribution >= 0.6 is 0 Å². The van der Waals surface area contributed by atoms with Crippen molar-refractivity contribution < 1.29 is 9.59 Å². The summed E-state index contributed by atoms with van der Waals surface area (Å²) in [6.45, 7) is 6.85. The Morgan fingerprint density at radius 1 is 1.19 bits per heavy atom. The van der Waals surface area contributed by atoms with E-state index in [1.54, 1.807) is 0 Å². The number of hydrogen-bond donors (Lipinski definition) is 4. The van der Waals surface area contributed by atoms with Crippen molar-refractivity contribution in [2.24, 2.45) is 23.7 Å². The molecule has 2 unspecified atom stereocenters.